The van der Waals surface area contributed by atoms with Gasteiger partial charge in [-0.3, -0.25) is 4.79 Å². The highest BCUT2D eigenvalue weighted by atomic mass is 16.4. The lowest BCUT2D eigenvalue weighted by Gasteiger charge is -2.28. The van der Waals surface area contributed by atoms with Crippen molar-refractivity contribution in [1.29, 1.82) is 0 Å². The Balaban J connectivity index is 2.06. The van der Waals surface area contributed by atoms with E-state index in [-0.39, 0.29) is 5.91 Å². The molecule has 106 valence electrons. The molecule has 2 atom stereocenters. The highest BCUT2D eigenvalue weighted by Crippen LogP contribution is 2.26. The first kappa shape index (κ1) is 14.3. The number of rotatable bonds is 4. The molecular weight excluding hydrogens is 254 g/mol. The number of amides is 1. The highest BCUT2D eigenvalue weighted by Gasteiger charge is 2.29. The topological polar surface area (TPSA) is 69.2 Å². The van der Waals surface area contributed by atoms with Crippen LogP contribution in [0.4, 0.5) is 5.69 Å². The average molecular weight is 272 g/mol. The summed E-state index contributed by atoms with van der Waals surface area (Å²) < 4.78 is 0. The van der Waals surface area contributed by atoms with E-state index >= 15 is 0 Å². The van der Waals surface area contributed by atoms with E-state index < -0.39 is 17.8 Å². The molecule has 0 bridgehead atoms. The lowest BCUT2D eigenvalue weighted by Crippen LogP contribution is -2.41. The van der Waals surface area contributed by atoms with Crippen LogP contribution in [-0.4, -0.2) is 11.9 Å². The fourth-order valence-corrected chi connectivity index (χ4v) is 2.42. The molecule has 2 rings (SSSR count). The van der Waals surface area contributed by atoms with E-state index in [4.69, 9.17) is 0 Å². The molecule has 0 spiro atoms. The molecule has 0 aliphatic heterocycles. The Labute approximate surface area is 118 Å². The standard InChI is InChI=1S/C16H19NO3/c1-2-11-7-9-12(10-8-11)17-15(18)13-5-3-4-6-14(13)16(19)20/h3-4,7-10,13-14H,2,5-6H2,1H3,(H,17,18)(H,19,20)/p-1/t13-,14-/m1/s1. The summed E-state index contributed by atoms with van der Waals surface area (Å²) in [5.74, 6) is -2.71. The lowest BCUT2D eigenvalue weighted by atomic mass is 9.82. The average Bonchev–Trinajstić information content (AvgIpc) is 2.48. The van der Waals surface area contributed by atoms with Crippen LogP contribution in [0.25, 0.3) is 0 Å². The SMILES string of the molecule is CCc1ccc(NC(=O)[C@@H]2CC=CC[C@H]2C(=O)[O-])cc1. The first-order valence-electron chi connectivity index (χ1n) is 6.87. The van der Waals surface area contributed by atoms with Crippen molar-refractivity contribution in [2.24, 2.45) is 11.8 Å². The molecule has 20 heavy (non-hydrogen) atoms. The molecule has 0 unspecified atom stereocenters. The molecule has 1 aliphatic carbocycles. The first-order valence-corrected chi connectivity index (χ1v) is 6.87. The number of allylic oxidation sites excluding steroid dienone is 2. The summed E-state index contributed by atoms with van der Waals surface area (Å²) in [5, 5.41) is 13.9. The van der Waals surface area contributed by atoms with Gasteiger partial charge in [0.05, 0.1) is 5.92 Å². The van der Waals surface area contributed by atoms with E-state index in [1.807, 2.05) is 30.3 Å². The van der Waals surface area contributed by atoms with E-state index in [9.17, 15) is 14.7 Å². The predicted molar refractivity (Wildman–Crippen MR) is 74.8 cm³/mol. The monoisotopic (exact) mass is 272 g/mol. The van der Waals surface area contributed by atoms with Gasteiger partial charge >= 0.3 is 0 Å². The second kappa shape index (κ2) is 6.37. The molecular formula is C16H18NO3-. The number of nitrogens with one attached hydrogen (secondary N) is 1. The summed E-state index contributed by atoms with van der Waals surface area (Å²) in [6.45, 7) is 2.06. The summed E-state index contributed by atoms with van der Waals surface area (Å²) in [7, 11) is 0. The minimum Gasteiger partial charge on any atom is -0.550 e. The Morgan fingerprint density at radius 2 is 1.75 bits per heavy atom. The van der Waals surface area contributed by atoms with Crippen LogP contribution in [0.3, 0.4) is 0 Å². The molecule has 1 aromatic rings. The van der Waals surface area contributed by atoms with Crippen LogP contribution in [0.15, 0.2) is 36.4 Å². The summed E-state index contributed by atoms with van der Waals surface area (Å²) in [6, 6.07) is 7.58. The molecule has 4 nitrogen and oxygen atoms in total. The number of aliphatic carboxylic acids is 1. The van der Waals surface area contributed by atoms with Crippen LogP contribution < -0.4 is 10.4 Å². The molecule has 0 radical (unpaired) electrons. The number of aryl methyl sites for hydroxylation is 1. The smallest absolute Gasteiger partial charge is 0.228 e. The largest absolute Gasteiger partial charge is 0.550 e. The van der Waals surface area contributed by atoms with Gasteiger partial charge in [-0.25, -0.2) is 0 Å². The zero-order valence-electron chi connectivity index (χ0n) is 11.5. The zero-order valence-corrected chi connectivity index (χ0v) is 11.5. The molecule has 1 amide bonds. The third-order valence-corrected chi connectivity index (χ3v) is 3.70. The second-order valence-electron chi connectivity index (χ2n) is 5.01. The fourth-order valence-electron chi connectivity index (χ4n) is 2.42. The molecule has 1 aromatic carbocycles. The van der Waals surface area contributed by atoms with Crippen molar-refractivity contribution in [2.75, 3.05) is 5.32 Å². The maximum absolute atomic E-state index is 12.2. The van der Waals surface area contributed by atoms with Gasteiger partial charge in [-0.2, -0.15) is 0 Å². The first-order chi connectivity index (χ1) is 9.61. The van der Waals surface area contributed by atoms with Gasteiger partial charge in [0.2, 0.25) is 5.91 Å². The molecule has 0 aromatic heterocycles. The number of carbonyl (C=O) groups is 2. The number of anilines is 1. The second-order valence-corrected chi connectivity index (χ2v) is 5.01. The van der Waals surface area contributed by atoms with Gasteiger partial charge in [-0.1, -0.05) is 31.2 Å². The van der Waals surface area contributed by atoms with Crippen molar-refractivity contribution >= 4 is 17.6 Å². The fraction of sp³-hybridized carbons (Fsp3) is 0.375. The van der Waals surface area contributed by atoms with E-state index in [0.717, 1.165) is 6.42 Å². The van der Waals surface area contributed by atoms with Crippen LogP contribution >= 0.6 is 0 Å². The van der Waals surface area contributed by atoms with Crippen LogP contribution in [-0.2, 0) is 16.0 Å². The normalized spacial score (nSPS) is 21.4. The number of carboxylic acids is 1. The molecule has 4 heteroatoms. The zero-order chi connectivity index (χ0) is 14.5. The number of carboxylic acid groups (broad SMARTS) is 1. The van der Waals surface area contributed by atoms with Crippen LogP contribution in [0.1, 0.15) is 25.3 Å². The summed E-state index contributed by atoms with van der Waals surface area (Å²) in [6.07, 6.45) is 5.38. The molecule has 0 saturated heterocycles. The third kappa shape index (κ3) is 3.26. The van der Waals surface area contributed by atoms with E-state index in [1.165, 1.54) is 5.56 Å². The Morgan fingerprint density at radius 1 is 1.15 bits per heavy atom. The summed E-state index contributed by atoms with van der Waals surface area (Å²) >= 11 is 0. The van der Waals surface area contributed by atoms with Crippen LogP contribution in [0.5, 0.6) is 0 Å². The Hall–Kier alpha value is -2.10. The van der Waals surface area contributed by atoms with Gasteiger partial charge in [-0.15, -0.1) is 0 Å². The maximum atomic E-state index is 12.2. The van der Waals surface area contributed by atoms with Crippen molar-refractivity contribution in [3.05, 3.63) is 42.0 Å². The Morgan fingerprint density at radius 3 is 2.30 bits per heavy atom. The molecule has 1 aliphatic rings. The van der Waals surface area contributed by atoms with Crippen molar-refractivity contribution in [2.45, 2.75) is 26.2 Å². The van der Waals surface area contributed by atoms with Crippen LogP contribution in [0, 0.1) is 11.8 Å². The van der Waals surface area contributed by atoms with Gasteiger partial charge in [0.15, 0.2) is 0 Å². The summed E-state index contributed by atoms with van der Waals surface area (Å²) in [5.41, 5.74) is 1.88. The van der Waals surface area contributed by atoms with E-state index in [1.54, 1.807) is 6.08 Å². The van der Waals surface area contributed by atoms with E-state index in [2.05, 4.69) is 12.2 Å². The van der Waals surface area contributed by atoms with E-state index in [0.29, 0.717) is 18.5 Å². The molecule has 0 fully saturated rings. The summed E-state index contributed by atoms with van der Waals surface area (Å²) in [4.78, 5) is 23.3. The number of hydrogen-bond acceptors (Lipinski definition) is 3. The third-order valence-electron chi connectivity index (χ3n) is 3.70. The van der Waals surface area contributed by atoms with Gasteiger partial charge in [0.25, 0.3) is 0 Å². The van der Waals surface area contributed by atoms with Crippen LogP contribution in [0.2, 0.25) is 0 Å². The quantitative estimate of drug-likeness (QED) is 0.845. The van der Waals surface area contributed by atoms with Gasteiger partial charge < -0.3 is 15.2 Å². The van der Waals surface area contributed by atoms with Gasteiger partial charge in [0, 0.05) is 17.6 Å². The number of benzene rings is 1. The Bertz CT molecular complexity index is 519. The minimum absolute atomic E-state index is 0.257. The predicted octanol–water partition coefficient (Wildman–Crippen LogP) is 1.52. The van der Waals surface area contributed by atoms with Crippen molar-refractivity contribution in [3.8, 4) is 0 Å². The van der Waals surface area contributed by atoms with Gasteiger partial charge in [-0.05, 0) is 37.0 Å². The molecule has 1 N–H and O–H groups in total. The Kier molecular flexibility index (Phi) is 4.56. The minimum atomic E-state index is -1.16. The van der Waals surface area contributed by atoms with Gasteiger partial charge in [0.1, 0.15) is 0 Å². The number of carbonyl (C=O) groups excluding carboxylic acids is 2. The maximum Gasteiger partial charge on any atom is 0.228 e. The molecule has 0 heterocycles. The molecule has 0 saturated carbocycles. The number of hydrogen-bond donors (Lipinski definition) is 1. The van der Waals surface area contributed by atoms with Crippen molar-refractivity contribution in [3.63, 3.8) is 0 Å². The van der Waals surface area contributed by atoms with Crippen molar-refractivity contribution < 1.29 is 14.7 Å². The highest BCUT2D eigenvalue weighted by molar-refractivity contribution is 5.95. The van der Waals surface area contributed by atoms with Crippen molar-refractivity contribution in [1.82, 2.24) is 0 Å². The lowest BCUT2D eigenvalue weighted by molar-refractivity contribution is -0.313.